The molecule has 1 saturated heterocycles. The van der Waals surface area contributed by atoms with Crippen LogP contribution in [0, 0.1) is 0 Å². The topological polar surface area (TPSA) is 92.2 Å². The Bertz CT molecular complexity index is 1360. The Morgan fingerprint density at radius 3 is 2.85 bits per heavy atom. The number of nitrogens with one attached hydrogen (secondary N) is 2. The van der Waals surface area contributed by atoms with Crippen LogP contribution in [-0.4, -0.2) is 57.7 Å². The fourth-order valence-corrected chi connectivity index (χ4v) is 4.30. The first-order valence-electron chi connectivity index (χ1n) is 11.4. The number of aryl methyl sites for hydroxylation is 1. The molecule has 3 heterocycles. The van der Waals surface area contributed by atoms with Crippen LogP contribution in [0.1, 0.15) is 15.9 Å². The van der Waals surface area contributed by atoms with Gasteiger partial charge in [0, 0.05) is 50.6 Å². The zero-order valence-electron chi connectivity index (χ0n) is 19.0. The number of H-pyrrole nitrogens is 1. The molecule has 0 saturated carbocycles. The van der Waals surface area contributed by atoms with Crippen molar-refractivity contribution in [2.24, 2.45) is 7.05 Å². The van der Waals surface area contributed by atoms with Crippen LogP contribution in [0.15, 0.2) is 71.7 Å². The molecule has 1 atom stereocenters. The lowest BCUT2D eigenvalue weighted by Crippen LogP contribution is -2.47. The minimum Gasteiger partial charge on any atom is -0.374 e. The summed E-state index contributed by atoms with van der Waals surface area (Å²) in [4.78, 5) is 34.1. The van der Waals surface area contributed by atoms with Crippen molar-refractivity contribution in [1.82, 2.24) is 24.8 Å². The zero-order chi connectivity index (χ0) is 23.5. The number of hydrogen-bond donors (Lipinski definition) is 2. The fraction of sp³-hybridized carbons (Fsp3) is 0.269. The number of amides is 1. The van der Waals surface area contributed by atoms with Crippen LogP contribution in [0.5, 0.6) is 0 Å². The molecule has 5 rings (SSSR count). The van der Waals surface area contributed by atoms with Gasteiger partial charge in [0.1, 0.15) is 0 Å². The first-order valence-corrected chi connectivity index (χ1v) is 11.4. The molecular weight excluding hydrogens is 430 g/mol. The Labute approximate surface area is 197 Å². The third kappa shape index (κ3) is 4.78. The number of aromatic nitrogens is 3. The summed E-state index contributed by atoms with van der Waals surface area (Å²) in [6.07, 6.45) is 1.65. The number of aromatic amines is 1. The van der Waals surface area contributed by atoms with Gasteiger partial charge in [0.05, 0.1) is 18.2 Å². The van der Waals surface area contributed by atoms with E-state index in [1.54, 1.807) is 19.3 Å². The van der Waals surface area contributed by atoms with Gasteiger partial charge in [-0.1, -0.05) is 42.5 Å². The molecule has 1 fully saturated rings. The van der Waals surface area contributed by atoms with Gasteiger partial charge in [-0.25, -0.2) is 9.78 Å². The van der Waals surface area contributed by atoms with Gasteiger partial charge >= 0.3 is 5.69 Å². The standard InChI is InChI=1S/C26H27N5O3/c1-30-23-13-21(14-27-24(23)29-26(30)33)19-8-5-9-20(12-19)25(32)28-15-22-17-31(10-11-34-22)16-18-6-3-2-4-7-18/h2-9,12-14,22H,10-11,15-17H2,1H3,(H,28,32)(H,27,29,33)/t22-/m1/s1. The molecule has 1 aliphatic heterocycles. The first-order chi connectivity index (χ1) is 16.6. The number of carbonyl (C=O) groups excluding carboxylic acids is 1. The molecule has 0 bridgehead atoms. The van der Waals surface area contributed by atoms with Crippen molar-refractivity contribution in [3.8, 4) is 11.1 Å². The molecule has 2 aromatic carbocycles. The van der Waals surface area contributed by atoms with E-state index in [9.17, 15) is 9.59 Å². The number of imidazole rings is 1. The summed E-state index contributed by atoms with van der Waals surface area (Å²) < 4.78 is 7.41. The Kier molecular flexibility index (Phi) is 6.24. The number of rotatable bonds is 6. The molecular formula is C26H27N5O3. The average Bonchev–Trinajstić information content (AvgIpc) is 3.16. The van der Waals surface area contributed by atoms with Crippen molar-refractivity contribution in [2.45, 2.75) is 12.6 Å². The highest BCUT2D eigenvalue weighted by atomic mass is 16.5. The van der Waals surface area contributed by atoms with Gasteiger partial charge in [0.25, 0.3) is 5.91 Å². The van der Waals surface area contributed by atoms with Crippen molar-refractivity contribution < 1.29 is 9.53 Å². The van der Waals surface area contributed by atoms with Gasteiger partial charge in [0.15, 0.2) is 5.65 Å². The predicted molar refractivity (Wildman–Crippen MR) is 131 cm³/mol. The van der Waals surface area contributed by atoms with E-state index in [-0.39, 0.29) is 17.7 Å². The van der Waals surface area contributed by atoms with Crippen molar-refractivity contribution in [3.05, 3.63) is 88.5 Å². The Morgan fingerprint density at radius 1 is 1.15 bits per heavy atom. The number of fused-ring (bicyclic) bond motifs is 1. The van der Waals surface area contributed by atoms with Crippen molar-refractivity contribution in [2.75, 3.05) is 26.2 Å². The van der Waals surface area contributed by atoms with Gasteiger partial charge in [0.2, 0.25) is 0 Å². The maximum Gasteiger partial charge on any atom is 0.327 e. The molecule has 8 nitrogen and oxygen atoms in total. The molecule has 1 aliphatic rings. The second-order valence-electron chi connectivity index (χ2n) is 8.59. The third-order valence-corrected chi connectivity index (χ3v) is 6.18. The molecule has 34 heavy (non-hydrogen) atoms. The molecule has 0 radical (unpaired) electrons. The maximum absolute atomic E-state index is 12.9. The summed E-state index contributed by atoms with van der Waals surface area (Å²) in [5, 5.41) is 3.02. The van der Waals surface area contributed by atoms with E-state index in [4.69, 9.17) is 4.74 Å². The molecule has 0 spiro atoms. The SMILES string of the molecule is Cn1c(=O)[nH]c2ncc(-c3cccc(C(=O)NC[C@@H]4CN(Cc5ccccc5)CCO4)c3)cc21. The number of ether oxygens (including phenoxy) is 1. The van der Waals surface area contributed by atoms with Gasteiger partial charge in [-0.2, -0.15) is 0 Å². The zero-order valence-corrected chi connectivity index (χ0v) is 19.0. The summed E-state index contributed by atoms with van der Waals surface area (Å²) in [6.45, 7) is 3.64. The Hall–Kier alpha value is -3.75. The normalized spacial score (nSPS) is 16.6. The highest BCUT2D eigenvalue weighted by Crippen LogP contribution is 2.22. The van der Waals surface area contributed by atoms with Crippen LogP contribution in [0.4, 0.5) is 0 Å². The van der Waals surface area contributed by atoms with Gasteiger partial charge in [-0.3, -0.25) is 19.2 Å². The van der Waals surface area contributed by atoms with E-state index in [1.165, 1.54) is 10.1 Å². The van der Waals surface area contributed by atoms with Crippen LogP contribution in [0.25, 0.3) is 22.3 Å². The molecule has 2 aromatic heterocycles. The van der Waals surface area contributed by atoms with E-state index >= 15 is 0 Å². The van der Waals surface area contributed by atoms with Crippen LogP contribution >= 0.6 is 0 Å². The highest BCUT2D eigenvalue weighted by Gasteiger charge is 2.21. The number of nitrogens with zero attached hydrogens (tertiary/aromatic N) is 3. The Morgan fingerprint density at radius 2 is 2.00 bits per heavy atom. The quantitative estimate of drug-likeness (QED) is 0.464. The number of pyridine rings is 1. The average molecular weight is 458 g/mol. The maximum atomic E-state index is 12.9. The van der Waals surface area contributed by atoms with Crippen LogP contribution in [0.2, 0.25) is 0 Å². The lowest BCUT2D eigenvalue weighted by atomic mass is 10.0. The largest absolute Gasteiger partial charge is 0.374 e. The van der Waals surface area contributed by atoms with Gasteiger partial charge in [-0.05, 0) is 29.3 Å². The smallest absolute Gasteiger partial charge is 0.327 e. The molecule has 0 unspecified atom stereocenters. The van der Waals surface area contributed by atoms with E-state index < -0.39 is 0 Å². The minimum absolute atomic E-state index is 0.0499. The van der Waals surface area contributed by atoms with Crippen LogP contribution in [0.3, 0.4) is 0 Å². The van der Waals surface area contributed by atoms with E-state index in [2.05, 4.69) is 44.5 Å². The molecule has 174 valence electrons. The van der Waals surface area contributed by atoms with Crippen molar-refractivity contribution in [3.63, 3.8) is 0 Å². The fourth-order valence-electron chi connectivity index (χ4n) is 4.30. The predicted octanol–water partition coefficient (Wildman–Crippen LogP) is 2.56. The summed E-state index contributed by atoms with van der Waals surface area (Å²) in [7, 11) is 1.70. The van der Waals surface area contributed by atoms with E-state index in [1.807, 2.05) is 30.3 Å². The summed E-state index contributed by atoms with van der Waals surface area (Å²) in [5.41, 5.74) is 4.59. The molecule has 1 amide bonds. The van der Waals surface area contributed by atoms with E-state index in [0.717, 1.165) is 30.8 Å². The summed E-state index contributed by atoms with van der Waals surface area (Å²) in [5.74, 6) is -0.145. The number of morpholine rings is 1. The van der Waals surface area contributed by atoms with Crippen molar-refractivity contribution >= 4 is 17.1 Å². The number of carbonyl (C=O) groups is 1. The minimum atomic E-state index is -0.208. The van der Waals surface area contributed by atoms with Crippen LogP contribution in [-0.2, 0) is 18.3 Å². The second-order valence-corrected chi connectivity index (χ2v) is 8.59. The molecule has 4 aromatic rings. The Balaban J connectivity index is 1.23. The summed E-state index contributed by atoms with van der Waals surface area (Å²) in [6, 6.07) is 19.7. The van der Waals surface area contributed by atoms with Crippen LogP contribution < -0.4 is 11.0 Å². The third-order valence-electron chi connectivity index (χ3n) is 6.18. The van der Waals surface area contributed by atoms with Crippen molar-refractivity contribution in [1.29, 1.82) is 0 Å². The second kappa shape index (κ2) is 9.62. The molecule has 0 aliphatic carbocycles. The molecule has 2 N–H and O–H groups in total. The lowest BCUT2D eigenvalue weighted by Gasteiger charge is -2.33. The number of hydrogen-bond acceptors (Lipinski definition) is 5. The van der Waals surface area contributed by atoms with Gasteiger partial charge < -0.3 is 10.1 Å². The highest BCUT2D eigenvalue weighted by molar-refractivity contribution is 5.95. The first kappa shape index (κ1) is 22.1. The molecule has 8 heteroatoms. The van der Waals surface area contributed by atoms with Gasteiger partial charge in [-0.15, -0.1) is 0 Å². The number of benzene rings is 2. The summed E-state index contributed by atoms with van der Waals surface area (Å²) >= 11 is 0. The lowest BCUT2D eigenvalue weighted by molar-refractivity contribution is -0.0292. The monoisotopic (exact) mass is 457 g/mol. The van der Waals surface area contributed by atoms with E-state index in [0.29, 0.717) is 29.9 Å².